The molecule has 2 aromatic heterocycles. The Balaban J connectivity index is 2.33. The molecule has 7 nitrogen and oxygen atoms in total. The monoisotopic (exact) mass is 276 g/mol. The summed E-state index contributed by atoms with van der Waals surface area (Å²) >= 11 is 0. The maximum atomic E-state index is 13.2. The van der Waals surface area contributed by atoms with Gasteiger partial charge in [0.25, 0.3) is 5.56 Å². The van der Waals surface area contributed by atoms with E-state index in [1.807, 2.05) is 0 Å². The van der Waals surface area contributed by atoms with Crippen molar-refractivity contribution in [3.05, 3.63) is 40.4 Å². The largest absolute Gasteiger partial charge is 0.493 e. The first-order valence-corrected chi connectivity index (χ1v) is 5.62. The molecule has 0 bridgehead atoms. The summed E-state index contributed by atoms with van der Waals surface area (Å²) in [5.74, 6) is -0.924. The van der Waals surface area contributed by atoms with E-state index in [-0.39, 0.29) is 22.9 Å². The zero-order chi connectivity index (χ0) is 14.3. The number of hydrogen-bond donors (Lipinski definition) is 2. The van der Waals surface area contributed by atoms with Crippen LogP contribution in [0.5, 0.6) is 11.9 Å². The molecule has 0 aliphatic rings. The summed E-state index contributed by atoms with van der Waals surface area (Å²) in [5.41, 5.74) is -0.458. The van der Waals surface area contributed by atoms with Gasteiger partial charge in [-0.1, -0.05) is 12.1 Å². The summed E-state index contributed by atoms with van der Waals surface area (Å²) in [7, 11) is 1.36. The van der Waals surface area contributed by atoms with Crippen molar-refractivity contribution in [1.29, 1.82) is 0 Å². The molecule has 3 aromatic rings. The van der Waals surface area contributed by atoms with Gasteiger partial charge in [-0.2, -0.15) is 9.50 Å². The molecule has 3 rings (SSSR count). The van der Waals surface area contributed by atoms with Crippen LogP contribution < -0.4 is 10.3 Å². The number of nitrogens with zero attached hydrogens (tertiary/aromatic N) is 3. The second kappa shape index (κ2) is 4.34. The van der Waals surface area contributed by atoms with Crippen LogP contribution >= 0.6 is 0 Å². The summed E-state index contributed by atoms with van der Waals surface area (Å²) in [6.45, 7) is 0. The molecule has 0 atom stereocenters. The molecular formula is C12H9FN4O3. The average molecular weight is 276 g/mol. The number of methoxy groups -OCH3 is 1. The van der Waals surface area contributed by atoms with E-state index in [2.05, 4.69) is 15.1 Å². The van der Waals surface area contributed by atoms with E-state index in [1.165, 1.54) is 25.3 Å². The molecule has 0 radical (unpaired) electrons. The summed E-state index contributed by atoms with van der Waals surface area (Å²) in [6, 6.07) is 5.33. The zero-order valence-corrected chi connectivity index (χ0v) is 10.3. The first-order valence-electron chi connectivity index (χ1n) is 5.62. The number of nitrogens with one attached hydrogen (secondary N) is 1. The van der Waals surface area contributed by atoms with Crippen LogP contribution in [-0.2, 0) is 0 Å². The Labute approximate surface area is 111 Å². The van der Waals surface area contributed by atoms with Crippen LogP contribution in [0.3, 0.4) is 0 Å². The third-order valence-corrected chi connectivity index (χ3v) is 2.76. The SMILES string of the molecule is COc1nc2[nH]c(=O)c(-c3cccc(F)c3)c(O)n2n1. The molecule has 0 spiro atoms. The molecule has 0 aliphatic heterocycles. The standard InChI is InChI=1S/C12H9FN4O3/c1-20-12-15-11-14-9(18)8(10(19)17(11)16-12)6-3-2-4-7(13)5-6/h2-5,19H,1H3,(H,14,15,16,18). The number of aromatic nitrogens is 4. The highest BCUT2D eigenvalue weighted by Gasteiger charge is 2.17. The lowest BCUT2D eigenvalue weighted by Crippen LogP contribution is -2.13. The number of fused-ring (bicyclic) bond motifs is 1. The highest BCUT2D eigenvalue weighted by Crippen LogP contribution is 2.26. The fourth-order valence-electron chi connectivity index (χ4n) is 1.88. The lowest BCUT2D eigenvalue weighted by Gasteiger charge is -2.04. The highest BCUT2D eigenvalue weighted by atomic mass is 19.1. The van der Waals surface area contributed by atoms with Gasteiger partial charge in [-0.05, 0) is 17.7 Å². The Morgan fingerprint density at radius 1 is 1.45 bits per heavy atom. The van der Waals surface area contributed by atoms with E-state index in [0.717, 1.165) is 10.6 Å². The van der Waals surface area contributed by atoms with Crippen molar-refractivity contribution in [3.63, 3.8) is 0 Å². The van der Waals surface area contributed by atoms with E-state index in [4.69, 9.17) is 4.74 Å². The number of aromatic hydroxyl groups is 1. The van der Waals surface area contributed by atoms with Gasteiger partial charge in [0.1, 0.15) is 11.4 Å². The van der Waals surface area contributed by atoms with Crippen LogP contribution in [-0.4, -0.2) is 31.8 Å². The van der Waals surface area contributed by atoms with Crippen molar-refractivity contribution in [3.8, 4) is 23.0 Å². The Hall–Kier alpha value is -2.90. The zero-order valence-electron chi connectivity index (χ0n) is 10.3. The summed E-state index contributed by atoms with van der Waals surface area (Å²) in [6.07, 6.45) is 0. The maximum absolute atomic E-state index is 13.2. The van der Waals surface area contributed by atoms with Gasteiger partial charge in [0, 0.05) is 0 Å². The topological polar surface area (TPSA) is 92.5 Å². The fraction of sp³-hybridized carbons (Fsp3) is 0.0833. The predicted octanol–water partition coefficient (Wildman–Crippen LogP) is 0.938. The lowest BCUT2D eigenvalue weighted by molar-refractivity contribution is 0.375. The van der Waals surface area contributed by atoms with Crippen LogP contribution in [0.25, 0.3) is 16.9 Å². The number of rotatable bonds is 2. The number of halogens is 1. The van der Waals surface area contributed by atoms with E-state index in [9.17, 15) is 14.3 Å². The Morgan fingerprint density at radius 3 is 2.95 bits per heavy atom. The van der Waals surface area contributed by atoms with Crippen molar-refractivity contribution in [2.45, 2.75) is 0 Å². The lowest BCUT2D eigenvalue weighted by atomic mass is 10.1. The van der Waals surface area contributed by atoms with Gasteiger partial charge in [0.05, 0.1) is 7.11 Å². The van der Waals surface area contributed by atoms with Crippen molar-refractivity contribution in [2.24, 2.45) is 0 Å². The van der Waals surface area contributed by atoms with E-state index in [1.54, 1.807) is 0 Å². The highest BCUT2D eigenvalue weighted by molar-refractivity contribution is 5.68. The third kappa shape index (κ3) is 1.78. The number of aromatic amines is 1. The average Bonchev–Trinajstić information content (AvgIpc) is 2.82. The Morgan fingerprint density at radius 2 is 2.25 bits per heavy atom. The minimum atomic E-state index is -0.601. The first-order chi connectivity index (χ1) is 9.60. The van der Waals surface area contributed by atoms with Gasteiger partial charge < -0.3 is 9.84 Å². The minimum absolute atomic E-state index is 0.00709. The van der Waals surface area contributed by atoms with Crippen LogP contribution in [0.1, 0.15) is 0 Å². The molecule has 2 heterocycles. The summed E-state index contributed by atoms with van der Waals surface area (Å²) in [4.78, 5) is 18.3. The number of benzene rings is 1. The molecule has 0 amide bonds. The first kappa shape index (κ1) is 12.2. The van der Waals surface area contributed by atoms with E-state index < -0.39 is 17.3 Å². The molecule has 2 N–H and O–H groups in total. The third-order valence-electron chi connectivity index (χ3n) is 2.76. The van der Waals surface area contributed by atoms with Crippen molar-refractivity contribution >= 4 is 5.78 Å². The second-order valence-corrected chi connectivity index (χ2v) is 4.00. The minimum Gasteiger partial charge on any atom is -0.493 e. The van der Waals surface area contributed by atoms with E-state index >= 15 is 0 Å². The Bertz CT molecular complexity index is 856. The molecule has 0 fully saturated rings. The van der Waals surface area contributed by atoms with Crippen LogP contribution in [0.2, 0.25) is 0 Å². The molecule has 8 heteroatoms. The molecular weight excluding hydrogens is 267 g/mol. The molecule has 102 valence electrons. The summed E-state index contributed by atoms with van der Waals surface area (Å²) in [5, 5.41) is 14.0. The molecule has 20 heavy (non-hydrogen) atoms. The number of ether oxygens (including phenoxy) is 1. The molecule has 1 aromatic carbocycles. The molecule has 0 saturated carbocycles. The van der Waals surface area contributed by atoms with Crippen molar-refractivity contribution in [1.82, 2.24) is 19.6 Å². The normalized spacial score (nSPS) is 10.9. The predicted molar refractivity (Wildman–Crippen MR) is 67.2 cm³/mol. The van der Waals surface area contributed by atoms with Crippen LogP contribution in [0, 0.1) is 5.82 Å². The van der Waals surface area contributed by atoms with Crippen molar-refractivity contribution < 1.29 is 14.2 Å². The van der Waals surface area contributed by atoms with Crippen LogP contribution in [0.15, 0.2) is 29.1 Å². The second-order valence-electron chi connectivity index (χ2n) is 4.00. The molecule has 0 unspecified atom stereocenters. The summed E-state index contributed by atoms with van der Waals surface area (Å²) < 4.78 is 19.1. The van der Waals surface area contributed by atoms with Gasteiger partial charge in [-0.3, -0.25) is 9.78 Å². The smallest absolute Gasteiger partial charge is 0.337 e. The van der Waals surface area contributed by atoms with Gasteiger partial charge in [-0.15, -0.1) is 5.10 Å². The fourth-order valence-corrected chi connectivity index (χ4v) is 1.88. The van der Waals surface area contributed by atoms with E-state index in [0.29, 0.717) is 0 Å². The van der Waals surface area contributed by atoms with Gasteiger partial charge >= 0.3 is 6.01 Å². The van der Waals surface area contributed by atoms with Gasteiger partial charge in [0.15, 0.2) is 0 Å². The quantitative estimate of drug-likeness (QED) is 0.726. The van der Waals surface area contributed by atoms with Crippen molar-refractivity contribution in [2.75, 3.05) is 7.11 Å². The number of hydrogen-bond acceptors (Lipinski definition) is 5. The number of H-pyrrole nitrogens is 1. The Kier molecular flexibility index (Phi) is 2.63. The molecule has 0 aliphatic carbocycles. The van der Waals surface area contributed by atoms with Gasteiger partial charge in [0.2, 0.25) is 11.7 Å². The van der Waals surface area contributed by atoms with Crippen LogP contribution in [0.4, 0.5) is 4.39 Å². The maximum Gasteiger partial charge on any atom is 0.337 e. The molecule has 0 saturated heterocycles. The van der Waals surface area contributed by atoms with Gasteiger partial charge in [-0.25, -0.2) is 4.39 Å².